The van der Waals surface area contributed by atoms with Crippen molar-refractivity contribution in [2.75, 3.05) is 23.3 Å². The largest absolute Gasteiger partial charge is 0.416 e. The Morgan fingerprint density at radius 1 is 1.26 bits per heavy atom. The number of nitrogens with one attached hydrogen (secondary N) is 1. The maximum absolute atomic E-state index is 12.9. The van der Waals surface area contributed by atoms with E-state index >= 15 is 0 Å². The lowest BCUT2D eigenvalue weighted by Gasteiger charge is -2.40. The Bertz CT molecular complexity index is 744. The lowest BCUT2D eigenvalue weighted by molar-refractivity contribution is -0.137. The summed E-state index contributed by atoms with van der Waals surface area (Å²) in [4.78, 5) is 11.0. The van der Waals surface area contributed by atoms with Crippen molar-refractivity contribution in [2.45, 2.75) is 25.1 Å². The number of rotatable bonds is 1. The third-order valence-electron chi connectivity index (χ3n) is 4.32. The first kappa shape index (κ1) is 14.3. The third kappa shape index (κ3) is 2.60. The molecule has 1 unspecified atom stereocenters. The first-order chi connectivity index (χ1) is 11.0. The Morgan fingerprint density at radius 2 is 2.13 bits per heavy atom. The van der Waals surface area contributed by atoms with Crippen LogP contribution in [-0.2, 0) is 6.18 Å². The predicted molar refractivity (Wildman–Crippen MR) is 81.3 cm³/mol. The number of alkyl halides is 3. The number of hydrogen-bond acceptors (Lipinski definition) is 4. The van der Waals surface area contributed by atoms with Crippen LogP contribution in [0.2, 0.25) is 0 Å². The Kier molecular flexibility index (Phi) is 3.18. The van der Waals surface area contributed by atoms with Gasteiger partial charge in [-0.05, 0) is 25.0 Å². The average molecular weight is 320 g/mol. The molecule has 1 aromatic heterocycles. The topological polar surface area (TPSA) is 41.1 Å². The van der Waals surface area contributed by atoms with Crippen LogP contribution < -0.4 is 10.2 Å². The molecule has 4 rings (SSSR count). The van der Waals surface area contributed by atoms with Crippen molar-refractivity contribution in [3.63, 3.8) is 0 Å². The lowest BCUT2D eigenvalue weighted by Crippen LogP contribution is -2.46. The molecular weight excluding hydrogens is 305 g/mol. The van der Waals surface area contributed by atoms with Crippen LogP contribution in [0, 0.1) is 0 Å². The molecule has 1 fully saturated rings. The van der Waals surface area contributed by atoms with E-state index in [-0.39, 0.29) is 0 Å². The van der Waals surface area contributed by atoms with Crippen LogP contribution in [0.25, 0.3) is 11.4 Å². The summed E-state index contributed by atoms with van der Waals surface area (Å²) in [6.45, 7) is 1.90. The van der Waals surface area contributed by atoms with Gasteiger partial charge in [0.25, 0.3) is 0 Å². The zero-order chi connectivity index (χ0) is 16.0. The zero-order valence-electron chi connectivity index (χ0n) is 12.3. The fraction of sp³-hybridized carbons (Fsp3) is 0.375. The second-order valence-electron chi connectivity index (χ2n) is 5.94. The summed E-state index contributed by atoms with van der Waals surface area (Å²) in [5, 5.41) is 3.37. The van der Waals surface area contributed by atoms with Gasteiger partial charge < -0.3 is 10.2 Å². The van der Waals surface area contributed by atoms with Crippen LogP contribution in [-0.4, -0.2) is 29.1 Å². The second-order valence-corrected chi connectivity index (χ2v) is 5.94. The third-order valence-corrected chi connectivity index (χ3v) is 4.32. The number of hydrogen-bond donors (Lipinski definition) is 1. The molecule has 2 bridgehead atoms. The molecule has 0 spiro atoms. The fourth-order valence-electron chi connectivity index (χ4n) is 3.19. The number of anilines is 2. The molecule has 1 saturated heterocycles. The Morgan fingerprint density at radius 3 is 2.96 bits per heavy atom. The first-order valence-electron chi connectivity index (χ1n) is 7.57. The maximum Gasteiger partial charge on any atom is 0.416 e. The van der Waals surface area contributed by atoms with Gasteiger partial charge >= 0.3 is 6.18 Å². The molecule has 3 heterocycles. The monoisotopic (exact) mass is 320 g/mol. The van der Waals surface area contributed by atoms with Crippen molar-refractivity contribution in [1.82, 2.24) is 9.97 Å². The van der Waals surface area contributed by atoms with Gasteiger partial charge in [0.2, 0.25) is 0 Å². The summed E-state index contributed by atoms with van der Waals surface area (Å²) in [5.74, 6) is 1.02. The number of piperidine rings is 1. The van der Waals surface area contributed by atoms with E-state index in [1.54, 1.807) is 12.3 Å². The van der Waals surface area contributed by atoms with E-state index in [0.717, 1.165) is 43.8 Å². The minimum atomic E-state index is -4.37. The molecule has 0 aliphatic carbocycles. The SMILES string of the molecule is FC(F)(F)c1cccc(-c2ncc3c(n2)NC2CCCN3C2)c1. The Hall–Kier alpha value is -2.31. The van der Waals surface area contributed by atoms with E-state index in [0.29, 0.717) is 23.2 Å². The number of nitrogens with zero attached hydrogens (tertiary/aromatic N) is 3. The molecule has 2 aromatic rings. The van der Waals surface area contributed by atoms with Gasteiger partial charge in [-0.1, -0.05) is 12.1 Å². The molecule has 2 aliphatic rings. The predicted octanol–water partition coefficient (Wildman–Crippen LogP) is 3.56. The molecule has 1 N–H and O–H groups in total. The molecule has 1 aromatic carbocycles. The molecule has 0 saturated carbocycles. The van der Waals surface area contributed by atoms with E-state index in [1.165, 1.54) is 6.07 Å². The fourth-order valence-corrected chi connectivity index (χ4v) is 3.19. The van der Waals surface area contributed by atoms with Gasteiger partial charge in [-0.3, -0.25) is 0 Å². The van der Waals surface area contributed by atoms with Crippen LogP contribution >= 0.6 is 0 Å². The highest BCUT2D eigenvalue weighted by Gasteiger charge is 2.31. The van der Waals surface area contributed by atoms with Gasteiger partial charge in [0.05, 0.1) is 17.4 Å². The minimum absolute atomic E-state index is 0.309. The van der Waals surface area contributed by atoms with E-state index in [4.69, 9.17) is 0 Å². The van der Waals surface area contributed by atoms with E-state index in [9.17, 15) is 13.2 Å². The zero-order valence-corrected chi connectivity index (χ0v) is 12.3. The normalized spacial score (nSPS) is 20.0. The summed E-state index contributed by atoms with van der Waals surface area (Å²) < 4.78 is 38.6. The van der Waals surface area contributed by atoms with Crippen molar-refractivity contribution in [2.24, 2.45) is 0 Å². The van der Waals surface area contributed by atoms with Crippen LogP contribution in [0.15, 0.2) is 30.5 Å². The standard InChI is InChI=1S/C16H15F3N4/c17-16(18,19)11-4-1-3-10(7-11)14-20-8-13-15(22-14)21-12-5-2-6-23(13)9-12/h1,3-4,7-8,12H,2,5-6,9H2,(H,20,21,22). The van der Waals surface area contributed by atoms with Gasteiger partial charge in [-0.25, -0.2) is 9.97 Å². The molecule has 4 nitrogen and oxygen atoms in total. The van der Waals surface area contributed by atoms with E-state index in [1.807, 2.05) is 0 Å². The van der Waals surface area contributed by atoms with Gasteiger partial charge in [-0.15, -0.1) is 0 Å². The summed E-state index contributed by atoms with van der Waals surface area (Å²) in [5.41, 5.74) is 0.608. The van der Waals surface area contributed by atoms with Crippen molar-refractivity contribution in [3.8, 4) is 11.4 Å². The Labute approximate surface area is 131 Å². The number of benzene rings is 1. The summed E-state index contributed by atoms with van der Waals surface area (Å²) in [6, 6.07) is 5.47. The van der Waals surface area contributed by atoms with Crippen LogP contribution in [0.3, 0.4) is 0 Å². The summed E-state index contributed by atoms with van der Waals surface area (Å²) in [7, 11) is 0. The summed E-state index contributed by atoms with van der Waals surface area (Å²) >= 11 is 0. The highest BCUT2D eigenvalue weighted by atomic mass is 19.4. The van der Waals surface area contributed by atoms with Gasteiger partial charge in [0.15, 0.2) is 11.6 Å². The van der Waals surface area contributed by atoms with Crippen molar-refractivity contribution in [1.29, 1.82) is 0 Å². The molecule has 120 valence electrons. The lowest BCUT2D eigenvalue weighted by atomic mass is 10.0. The first-order valence-corrected chi connectivity index (χ1v) is 7.57. The molecule has 0 amide bonds. The van der Waals surface area contributed by atoms with Gasteiger partial charge in [0, 0.05) is 24.7 Å². The molecule has 7 heteroatoms. The highest BCUT2D eigenvalue weighted by Crippen LogP contribution is 2.35. The molecule has 23 heavy (non-hydrogen) atoms. The van der Waals surface area contributed by atoms with E-state index in [2.05, 4.69) is 20.2 Å². The average Bonchev–Trinajstić information content (AvgIpc) is 2.54. The van der Waals surface area contributed by atoms with Gasteiger partial charge in [0.1, 0.15) is 0 Å². The molecule has 0 radical (unpaired) electrons. The highest BCUT2D eigenvalue weighted by molar-refractivity contribution is 5.71. The summed E-state index contributed by atoms with van der Waals surface area (Å²) in [6.07, 6.45) is -0.469. The number of aromatic nitrogens is 2. The smallest absolute Gasteiger partial charge is 0.365 e. The Balaban J connectivity index is 1.73. The maximum atomic E-state index is 12.9. The van der Waals surface area contributed by atoms with Crippen molar-refractivity contribution < 1.29 is 13.2 Å². The van der Waals surface area contributed by atoms with E-state index < -0.39 is 11.7 Å². The van der Waals surface area contributed by atoms with Crippen molar-refractivity contribution in [3.05, 3.63) is 36.0 Å². The van der Waals surface area contributed by atoms with Crippen molar-refractivity contribution >= 4 is 11.5 Å². The van der Waals surface area contributed by atoms with Crippen LogP contribution in [0.1, 0.15) is 18.4 Å². The number of halogens is 3. The minimum Gasteiger partial charge on any atom is -0.365 e. The van der Waals surface area contributed by atoms with Crippen LogP contribution in [0.4, 0.5) is 24.7 Å². The molecular formula is C16H15F3N4. The van der Waals surface area contributed by atoms with Crippen LogP contribution in [0.5, 0.6) is 0 Å². The van der Waals surface area contributed by atoms with Gasteiger partial charge in [-0.2, -0.15) is 13.2 Å². The quantitative estimate of drug-likeness (QED) is 0.872. The molecule has 2 aliphatic heterocycles. The number of fused-ring (bicyclic) bond motifs is 4. The second kappa shape index (κ2) is 5.11. The molecule has 1 atom stereocenters.